The molecule has 0 saturated carbocycles. The standard InChI is InChI=1S/C15H19N3O2S/c1-2-20-15(19)9-13-11-21-14(18-13)6-8-16-10-12-5-3-4-7-17-12/h3-5,7,11,16H,2,6,8-10H2,1H3. The lowest BCUT2D eigenvalue weighted by atomic mass is 10.3. The van der Waals surface area contributed by atoms with E-state index < -0.39 is 0 Å². The number of ether oxygens (including phenoxy) is 1. The molecule has 0 aliphatic heterocycles. The lowest BCUT2D eigenvalue weighted by Crippen LogP contribution is -2.17. The Bertz CT molecular complexity index is 557. The van der Waals surface area contributed by atoms with E-state index in [4.69, 9.17) is 4.74 Å². The van der Waals surface area contributed by atoms with Gasteiger partial charge in [0.15, 0.2) is 0 Å². The first-order chi connectivity index (χ1) is 10.3. The van der Waals surface area contributed by atoms with Crippen LogP contribution in [0.2, 0.25) is 0 Å². The molecule has 0 aliphatic rings. The van der Waals surface area contributed by atoms with Gasteiger partial charge in [-0.05, 0) is 19.1 Å². The number of carbonyl (C=O) groups is 1. The molecule has 0 saturated heterocycles. The minimum atomic E-state index is -0.220. The topological polar surface area (TPSA) is 64.1 Å². The summed E-state index contributed by atoms with van der Waals surface area (Å²) < 4.78 is 4.91. The molecular formula is C15H19N3O2S. The number of rotatable bonds is 8. The number of hydrogen-bond donors (Lipinski definition) is 1. The van der Waals surface area contributed by atoms with Crippen molar-refractivity contribution in [3.8, 4) is 0 Å². The second-order valence-electron chi connectivity index (χ2n) is 4.46. The molecule has 2 aromatic rings. The molecule has 5 nitrogen and oxygen atoms in total. The highest BCUT2D eigenvalue weighted by Crippen LogP contribution is 2.11. The zero-order valence-electron chi connectivity index (χ0n) is 12.0. The van der Waals surface area contributed by atoms with Crippen molar-refractivity contribution in [2.45, 2.75) is 26.3 Å². The van der Waals surface area contributed by atoms with E-state index in [2.05, 4.69) is 15.3 Å². The fourth-order valence-corrected chi connectivity index (χ4v) is 2.62. The van der Waals surface area contributed by atoms with Crippen molar-refractivity contribution in [3.05, 3.63) is 46.2 Å². The molecular weight excluding hydrogens is 286 g/mol. The molecule has 2 heterocycles. The maximum Gasteiger partial charge on any atom is 0.311 e. The van der Waals surface area contributed by atoms with Gasteiger partial charge in [0.05, 0.1) is 29.4 Å². The average Bonchev–Trinajstić information content (AvgIpc) is 2.92. The van der Waals surface area contributed by atoms with Gasteiger partial charge in [-0.15, -0.1) is 11.3 Å². The molecule has 0 aliphatic carbocycles. The minimum absolute atomic E-state index is 0.220. The number of carbonyl (C=O) groups excluding carboxylic acids is 1. The predicted octanol–water partition coefficient (Wildman–Crippen LogP) is 1.98. The van der Waals surface area contributed by atoms with E-state index >= 15 is 0 Å². The number of pyridine rings is 1. The van der Waals surface area contributed by atoms with Crippen LogP contribution in [0, 0.1) is 0 Å². The monoisotopic (exact) mass is 305 g/mol. The second kappa shape index (κ2) is 8.49. The van der Waals surface area contributed by atoms with Crippen LogP contribution < -0.4 is 5.32 Å². The fourth-order valence-electron chi connectivity index (χ4n) is 1.82. The lowest BCUT2D eigenvalue weighted by molar-refractivity contribution is -0.142. The number of hydrogen-bond acceptors (Lipinski definition) is 6. The van der Waals surface area contributed by atoms with Crippen LogP contribution in [0.1, 0.15) is 23.3 Å². The summed E-state index contributed by atoms with van der Waals surface area (Å²) in [5.74, 6) is -0.220. The molecule has 0 atom stereocenters. The van der Waals surface area contributed by atoms with Gasteiger partial charge in [0.1, 0.15) is 0 Å². The maximum absolute atomic E-state index is 11.4. The molecule has 0 unspecified atom stereocenters. The zero-order chi connectivity index (χ0) is 14.9. The number of esters is 1. The number of nitrogens with one attached hydrogen (secondary N) is 1. The van der Waals surface area contributed by atoms with E-state index in [1.54, 1.807) is 24.5 Å². The van der Waals surface area contributed by atoms with Crippen molar-refractivity contribution in [2.75, 3.05) is 13.2 Å². The SMILES string of the molecule is CCOC(=O)Cc1csc(CCNCc2ccccn2)n1. The summed E-state index contributed by atoms with van der Waals surface area (Å²) in [4.78, 5) is 20.1. The molecule has 2 rings (SSSR count). The Balaban J connectivity index is 1.69. The molecule has 2 aromatic heterocycles. The summed E-state index contributed by atoms with van der Waals surface area (Å²) >= 11 is 1.58. The zero-order valence-corrected chi connectivity index (χ0v) is 12.9. The van der Waals surface area contributed by atoms with Gasteiger partial charge in [0, 0.05) is 31.1 Å². The summed E-state index contributed by atoms with van der Waals surface area (Å²) in [7, 11) is 0. The van der Waals surface area contributed by atoms with E-state index in [0.717, 1.165) is 35.9 Å². The third-order valence-corrected chi connectivity index (χ3v) is 3.74. The van der Waals surface area contributed by atoms with Crippen molar-refractivity contribution >= 4 is 17.3 Å². The molecule has 0 amide bonds. The maximum atomic E-state index is 11.4. The molecule has 0 spiro atoms. The highest BCUT2D eigenvalue weighted by molar-refractivity contribution is 7.09. The molecule has 0 aromatic carbocycles. The van der Waals surface area contributed by atoms with Gasteiger partial charge in [0.2, 0.25) is 0 Å². The number of thiazole rings is 1. The quantitative estimate of drug-likeness (QED) is 0.597. The Morgan fingerprint density at radius 3 is 3.05 bits per heavy atom. The molecule has 0 radical (unpaired) electrons. The molecule has 112 valence electrons. The van der Waals surface area contributed by atoms with Crippen molar-refractivity contribution in [3.63, 3.8) is 0 Å². The summed E-state index contributed by atoms with van der Waals surface area (Å²) in [5.41, 5.74) is 1.82. The molecule has 21 heavy (non-hydrogen) atoms. The van der Waals surface area contributed by atoms with Crippen molar-refractivity contribution in [1.29, 1.82) is 0 Å². The Morgan fingerprint density at radius 1 is 1.38 bits per heavy atom. The van der Waals surface area contributed by atoms with Crippen LogP contribution in [0.25, 0.3) is 0 Å². The number of nitrogens with zero attached hydrogens (tertiary/aromatic N) is 2. The van der Waals surface area contributed by atoms with Gasteiger partial charge in [-0.1, -0.05) is 6.07 Å². The van der Waals surface area contributed by atoms with Crippen LogP contribution in [0.15, 0.2) is 29.8 Å². The van der Waals surface area contributed by atoms with Crippen LogP contribution in [-0.2, 0) is 28.9 Å². The van der Waals surface area contributed by atoms with Gasteiger partial charge in [0.25, 0.3) is 0 Å². The third-order valence-electron chi connectivity index (χ3n) is 2.78. The van der Waals surface area contributed by atoms with E-state index in [-0.39, 0.29) is 12.4 Å². The lowest BCUT2D eigenvalue weighted by Gasteiger charge is -2.02. The van der Waals surface area contributed by atoms with Crippen LogP contribution in [0.5, 0.6) is 0 Å². The predicted molar refractivity (Wildman–Crippen MR) is 82.1 cm³/mol. The van der Waals surface area contributed by atoms with Crippen LogP contribution in [-0.4, -0.2) is 29.1 Å². The highest BCUT2D eigenvalue weighted by atomic mass is 32.1. The first kappa shape index (κ1) is 15.6. The summed E-state index contributed by atoms with van der Waals surface area (Å²) in [6.07, 6.45) is 2.89. The van der Waals surface area contributed by atoms with Gasteiger partial charge >= 0.3 is 5.97 Å². The van der Waals surface area contributed by atoms with E-state index in [0.29, 0.717) is 6.61 Å². The Kier molecular flexibility index (Phi) is 6.30. The van der Waals surface area contributed by atoms with E-state index in [1.807, 2.05) is 23.6 Å². The second-order valence-corrected chi connectivity index (χ2v) is 5.40. The summed E-state index contributed by atoms with van der Waals surface area (Å²) in [6, 6.07) is 5.88. The third kappa shape index (κ3) is 5.61. The first-order valence-corrected chi connectivity index (χ1v) is 7.85. The Morgan fingerprint density at radius 2 is 2.29 bits per heavy atom. The minimum Gasteiger partial charge on any atom is -0.466 e. The Hall–Kier alpha value is -1.79. The first-order valence-electron chi connectivity index (χ1n) is 6.97. The van der Waals surface area contributed by atoms with Crippen LogP contribution in [0.4, 0.5) is 0 Å². The van der Waals surface area contributed by atoms with Crippen molar-refractivity contribution in [2.24, 2.45) is 0 Å². The van der Waals surface area contributed by atoms with Gasteiger partial charge in [-0.3, -0.25) is 9.78 Å². The van der Waals surface area contributed by atoms with Gasteiger partial charge in [-0.2, -0.15) is 0 Å². The Labute approximate surface area is 128 Å². The fraction of sp³-hybridized carbons (Fsp3) is 0.400. The van der Waals surface area contributed by atoms with Crippen molar-refractivity contribution < 1.29 is 9.53 Å². The van der Waals surface area contributed by atoms with Crippen LogP contribution >= 0.6 is 11.3 Å². The molecule has 6 heteroatoms. The van der Waals surface area contributed by atoms with E-state index in [1.165, 1.54) is 0 Å². The normalized spacial score (nSPS) is 10.5. The average molecular weight is 305 g/mol. The highest BCUT2D eigenvalue weighted by Gasteiger charge is 2.08. The summed E-state index contributed by atoms with van der Waals surface area (Å²) in [5, 5.41) is 6.29. The summed E-state index contributed by atoms with van der Waals surface area (Å²) in [6.45, 7) is 3.80. The van der Waals surface area contributed by atoms with Gasteiger partial charge < -0.3 is 10.1 Å². The molecule has 0 fully saturated rings. The number of aromatic nitrogens is 2. The van der Waals surface area contributed by atoms with Crippen LogP contribution in [0.3, 0.4) is 0 Å². The van der Waals surface area contributed by atoms with Gasteiger partial charge in [-0.25, -0.2) is 4.98 Å². The largest absolute Gasteiger partial charge is 0.466 e. The smallest absolute Gasteiger partial charge is 0.311 e. The van der Waals surface area contributed by atoms with Crippen molar-refractivity contribution in [1.82, 2.24) is 15.3 Å². The molecule has 1 N–H and O–H groups in total. The molecule has 0 bridgehead atoms. The van der Waals surface area contributed by atoms with E-state index in [9.17, 15) is 4.79 Å².